The number of nitrogens with one attached hydrogen (secondary N) is 1. The number of rotatable bonds is 3. The van der Waals surface area contributed by atoms with Crippen molar-refractivity contribution in [1.29, 1.82) is 0 Å². The Morgan fingerprint density at radius 2 is 2.10 bits per heavy atom. The lowest BCUT2D eigenvalue weighted by atomic mass is 10.0. The third kappa shape index (κ3) is 3.32. The van der Waals surface area contributed by atoms with Crippen LogP contribution in [0.15, 0.2) is 23.1 Å². The summed E-state index contributed by atoms with van der Waals surface area (Å²) in [5, 5.41) is 3.97. The SMILES string of the molecule is O=C(CC1CCCC1)N[C@H]1CCSc2ccc(Cl)cc21. The van der Waals surface area contributed by atoms with Gasteiger partial charge in [0.2, 0.25) is 5.91 Å². The van der Waals surface area contributed by atoms with Gasteiger partial charge in [0, 0.05) is 22.1 Å². The molecule has 1 N–H and O–H groups in total. The average Bonchev–Trinajstić information content (AvgIpc) is 2.92. The molecule has 0 spiro atoms. The molecule has 1 aromatic rings. The van der Waals surface area contributed by atoms with E-state index in [1.54, 1.807) is 0 Å². The van der Waals surface area contributed by atoms with Crippen LogP contribution in [0.2, 0.25) is 5.02 Å². The van der Waals surface area contributed by atoms with E-state index in [2.05, 4.69) is 11.4 Å². The Morgan fingerprint density at radius 3 is 2.90 bits per heavy atom. The minimum Gasteiger partial charge on any atom is -0.349 e. The van der Waals surface area contributed by atoms with Crippen molar-refractivity contribution in [3.8, 4) is 0 Å². The number of thioether (sulfide) groups is 1. The predicted molar refractivity (Wildman–Crippen MR) is 84.3 cm³/mol. The van der Waals surface area contributed by atoms with Gasteiger partial charge in [-0.15, -0.1) is 11.8 Å². The molecule has 1 aromatic carbocycles. The molecule has 108 valence electrons. The Bertz CT molecular complexity index is 499. The summed E-state index contributed by atoms with van der Waals surface area (Å²) in [7, 11) is 0. The average molecular weight is 310 g/mol. The number of amides is 1. The van der Waals surface area contributed by atoms with Crippen molar-refractivity contribution in [2.24, 2.45) is 5.92 Å². The van der Waals surface area contributed by atoms with E-state index < -0.39 is 0 Å². The molecule has 1 saturated carbocycles. The Labute approximate surface area is 129 Å². The molecule has 1 aliphatic heterocycles. The zero-order valence-electron chi connectivity index (χ0n) is 11.5. The van der Waals surface area contributed by atoms with Gasteiger partial charge >= 0.3 is 0 Å². The molecule has 3 rings (SSSR count). The van der Waals surface area contributed by atoms with Crippen molar-refractivity contribution >= 4 is 29.3 Å². The van der Waals surface area contributed by atoms with Crippen LogP contribution in [0.1, 0.15) is 50.1 Å². The monoisotopic (exact) mass is 309 g/mol. The van der Waals surface area contributed by atoms with Gasteiger partial charge in [0.15, 0.2) is 0 Å². The third-order valence-electron chi connectivity index (χ3n) is 4.30. The first kappa shape index (κ1) is 14.3. The number of fused-ring (bicyclic) bond motifs is 1. The largest absolute Gasteiger partial charge is 0.349 e. The summed E-state index contributed by atoms with van der Waals surface area (Å²) in [6.45, 7) is 0. The summed E-state index contributed by atoms with van der Waals surface area (Å²) >= 11 is 7.95. The molecule has 0 unspecified atom stereocenters. The van der Waals surface area contributed by atoms with Crippen LogP contribution in [0.4, 0.5) is 0 Å². The minimum atomic E-state index is 0.138. The second-order valence-electron chi connectivity index (χ2n) is 5.79. The summed E-state index contributed by atoms with van der Waals surface area (Å²) in [4.78, 5) is 13.5. The van der Waals surface area contributed by atoms with Crippen molar-refractivity contribution in [2.75, 3.05) is 5.75 Å². The molecule has 0 saturated heterocycles. The number of hydrogen-bond donors (Lipinski definition) is 1. The molecule has 20 heavy (non-hydrogen) atoms. The lowest BCUT2D eigenvalue weighted by Gasteiger charge is -2.26. The van der Waals surface area contributed by atoms with E-state index in [4.69, 9.17) is 11.6 Å². The number of halogens is 1. The van der Waals surface area contributed by atoms with Crippen LogP contribution >= 0.6 is 23.4 Å². The quantitative estimate of drug-likeness (QED) is 0.886. The number of carbonyl (C=O) groups is 1. The molecule has 1 fully saturated rings. The van der Waals surface area contributed by atoms with Gasteiger partial charge in [-0.2, -0.15) is 0 Å². The highest BCUT2D eigenvalue weighted by molar-refractivity contribution is 7.99. The fraction of sp³-hybridized carbons (Fsp3) is 0.562. The molecule has 0 bridgehead atoms. The Kier molecular flexibility index (Phi) is 4.57. The first-order valence-electron chi connectivity index (χ1n) is 7.44. The Morgan fingerprint density at radius 1 is 1.30 bits per heavy atom. The van der Waals surface area contributed by atoms with Gasteiger partial charge in [0.1, 0.15) is 0 Å². The van der Waals surface area contributed by atoms with E-state index in [-0.39, 0.29) is 11.9 Å². The Hall–Kier alpha value is -0.670. The molecule has 0 aromatic heterocycles. The van der Waals surface area contributed by atoms with Gasteiger partial charge in [-0.05, 0) is 48.9 Å². The first-order valence-corrected chi connectivity index (χ1v) is 8.80. The normalized spacial score (nSPS) is 22.6. The van der Waals surface area contributed by atoms with Gasteiger partial charge in [-0.25, -0.2) is 0 Å². The van der Waals surface area contributed by atoms with Gasteiger partial charge in [-0.3, -0.25) is 4.79 Å². The van der Waals surface area contributed by atoms with Crippen molar-refractivity contribution in [1.82, 2.24) is 5.32 Å². The van der Waals surface area contributed by atoms with E-state index >= 15 is 0 Å². The van der Waals surface area contributed by atoms with Gasteiger partial charge < -0.3 is 5.32 Å². The highest BCUT2D eigenvalue weighted by Crippen LogP contribution is 2.37. The van der Waals surface area contributed by atoms with E-state index in [1.807, 2.05) is 23.9 Å². The smallest absolute Gasteiger partial charge is 0.220 e. The maximum absolute atomic E-state index is 12.2. The van der Waals surface area contributed by atoms with Crippen LogP contribution in [0.3, 0.4) is 0 Å². The van der Waals surface area contributed by atoms with Gasteiger partial charge in [0.05, 0.1) is 6.04 Å². The van der Waals surface area contributed by atoms with Crippen molar-refractivity contribution in [2.45, 2.75) is 49.5 Å². The number of hydrogen-bond acceptors (Lipinski definition) is 2. The molecule has 1 aliphatic carbocycles. The van der Waals surface area contributed by atoms with Crippen LogP contribution in [0.5, 0.6) is 0 Å². The maximum Gasteiger partial charge on any atom is 0.220 e. The van der Waals surface area contributed by atoms with Crippen LogP contribution < -0.4 is 5.32 Å². The van der Waals surface area contributed by atoms with Gasteiger partial charge in [-0.1, -0.05) is 24.4 Å². The predicted octanol–water partition coefficient (Wildman–Crippen LogP) is 4.57. The molecule has 0 radical (unpaired) electrons. The van der Waals surface area contributed by atoms with Gasteiger partial charge in [0.25, 0.3) is 0 Å². The zero-order valence-corrected chi connectivity index (χ0v) is 13.1. The van der Waals surface area contributed by atoms with E-state index in [0.29, 0.717) is 12.3 Å². The fourth-order valence-corrected chi connectivity index (χ4v) is 4.53. The molecule has 1 atom stereocenters. The summed E-state index contributed by atoms with van der Waals surface area (Å²) in [5.74, 6) is 1.87. The maximum atomic E-state index is 12.2. The molecule has 1 amide bonds. The highest BCUT2D eigenvalue weighted by Gasteiger charge is 2.24. The molecule has 2 aliphatic rings. The van der Waals surface area contributed by atoms with Crippen LogP contribution in [0.25, 0.3) is 0 Å². The second kappa shape index (κ2) is 6.40. The lowest BCUT2D eigenvalue weighted by molar-refractivity contribution is -0.122. The molecule has 4 heteroatoms. The lowest BCUT2D eigenvalue weighted by Crippen LogP contribution is -2.31. The Balaban J connectivity index is 1.66. The molecular formula is C16H20ClNOS. The highest BCUT2D eigenvalue weighted by atomic mass is 35.5. The van der Waals surface area contributed by atoms with Crippen LogP contribution in [-0.2, 0) is 4.79 Å². The summed E-state index contributed by atoms with van der Waals surface area (Å²) in [6.07, 6.45) is 6.70. The topological polar surface area (TPSA) is 29.1 Å². The fourth-order valence-electron chi connectivity index (χ4n) is 3.25. The van der Waals surface area contributed by atoms with E-state index in [0.717, 1.165) is 17.2 Å². The van der Waals surface area contributed by atoms with Crippen LogP contribution in [-0.4, -0.2) is 11.7 Å². The molecule has 1 heterocycles. The first-order chi connectivity index (χ1) is 9.72. The molecular weight excluding hydrogens is 290 g/mol. The molecule has 2 nitrogen and oxygen atoms in total. The summed E-state index contributed by atoms with van der Waals surface area (Å²) < 4.78 is 0. The summed E-state index contributed by atoms with van der Waals surface area (Å²) in [5.41, 5.74) is 1.19. The number of benzene rings is 1. The second-order valence-corrected chi connectivity index (χ2v) is 7.37. The minimum absolute atomic E-state index is 0.138. The van der Waals surface area contributed by atoms with Crippen molar-refractivity contribution in [3.63, 3.8) is 0 Å². The van der Waals surface area contributed by atoms with Crippen molar-refractivity contribution < 1.29 is 4.79 Å². The number of carbonyl (C=O) groups excluding carboxylic acids is 1. The van der Waals surface area contributed by atoms with Crippen LogP contribution in [0, 0.1) is 5.92 Å². The summed E-state index contributed by atoms with van der Waals surface area (Å²) in [6, 6.07) is 6.14. The van der Waals surface area contributed by atoms with E-state index in [1.165, 1.54) is 36.1 Å². The van der Waals surface area contributed by atoms with E-state index in [9.17, 15) is 4.79 Å². The third-order valence-corrected chi connectivity index (χ3v) is 5.65. The van der Waals surface area contributed by atoms with Crippen molar-refractivity contribution in [3.05, 3.63) is 28.8 Å². The zero-order chi connectivity index (χ0) is 13.9. The standard InChI is InChI=1S/C16H20ClNOS/c17-12-5-6-15-13(10-12)14(7-8-20-15)18-16(19)9-11-3-1-2-4-11/h5-6,10-11,14H,1-4,7-9H2,(H,18,19)/t14-/m0/s1.